The number of nitrogens with one attached hydrogen (secondary N) is 1. The van der Waals surface area contributed by atoms with Gasteiger partial charge in [0.05, 0.1) is 23.9 Å². The number of hydrogen-bond acceptors (Lipinski definition) is 9. The molecule has 0 fully saturated rings. The van der Waals surface area contributed by atoms with Gasteiger partial charge in [0.1, 0.15) is 17.6 Å². The fraction of sp³-hybridized carbons (Fsp3) is 0.241. The van der Waals surface area contributed by atoms with Crippen LogP contribution >= 0.6 is 0 Å². The molecule has 0 aromatic heterocycles. The van der Waals surface area contributed by atoms with E-state index in [4.69, 9.17) is 9.73 Å². The minimum atomic E-state index is -1.56. The van der Waals surface area contributed by atoms with Gasteiger partial charge in [-0.25, -0.2) is 9.59 Å². The molecule has 11 nitrogen and oxygen atoms in total. The van der Waals surface area contributed by atoms with Crippen molar-refractivity contribution >= 4 is 40.8 Å². The number of rotatable bonds is 11. The van der Waals surface area contributed by atoms with Gasteiger partial charge in [-0.2, -0.15) is 4.99 Å². The van der Waals surface area contributed by atoms with Gasteiger partial charge in [0.25, 0.3) is 11.4 Å². The lowest BCUT2D eigenvalue weighted by molar-refractivity contribution is -0.656. The minimum Gasteiger partial charge on any atom is -0.545 e. The smallest absolute Gasteiger partial charge is 0.396 e. The van der Waals surface area contributed by atoms with E-state index < -0.39 is 27.0 Å². The Morgan fingerprint density at radius 1 is 1.07 bits per heavy atom. The van der Waals surface area contributed by atoms with Gasteiger partial charge in [0.2, 0.25) is 5.84 Å². The van der Waals surface area contributed by atoms with Crippen molar-refractivity contribution in [3.05, 3.63) is 99.4 Å². The summed E-state index contributed by atoms with van der Waals surface area (Å²) in [4.78, 5) is 54.3. The van der Waals surface area contributed by atoms with E-state index in [9.17, 15) is 29.6 Å². The van der Waals surface area contributed by atoms with Crippen molar-refractivity contribution in [3.8, 4) is 0 Å². The average molecular weight is 545 g/mol. The summed E-state index contributed by atoms with van der Waals surface area (Å²) in [5.74, 6) is -2.22. The number of carboxylic acid groups (broad SMARTS) is 1. The Bertz CT molecular complexity index is 1460. The molecule has 4 rings (SSSR count). The zero-order valence-corrected chi connectivity index (χ0v) is 22.1. The largest absolute Gasteiger partial charge is 0.545 e. The summed E-state index contributed by atoms with van der Waals surface area (Å²) in [5.41, 5.74) is 0.608. The highest BCUT2D eigenvalue weighted by Crippen LogP contribution is 2.41. The molecule has 0 saturated carbocycles. The molecule has 1 N–H and O–H groups in total. The molecule has 1 amide bonds. The first-order valence-electron chi connectivity index (χ1n) is 12.9. The second-order valence-corrected chi connectivity index (χ2v) is 9.11. The van der Waals surface area contributed by atoms with Gasteiger partial charge in [-0.1, -0.05) is 55.8 Å². The van der Waals surface area contributed by atoms with Crippen LogP contribution in [-0.2, 0) is 14.3 Å². The third kappa shape index (κ3) is 5.19. The van der Waals surface area contributed by atoms with Crippen LogP contribution in [0.25, 0.3) is 5.70 Å². The fourth-order valence-electron chi connectivity index (χ4n) is 4.66. The molecule has 0 aliphatic carbocycles. The van der Waals surface area contributed by atoms with E-state index in [2.05, 4.69) is 5.32 Å². The van der Waals surface area contributed by atoms with Crippen LogP contribution < -0.4 is 10.4 Å². The third-order valence-corrected chi connectivity index (χ3v) is 6.57. The first-order chi connectivity index (χ1) is 19.2. The number of quaternary nitrogens is 1. The molecule has 0 spiro atoms. The number of hydrogen-bond donors (Lipinski definition) is 1. The summed E-state index contributed by atoms with van der Waals surface area (Å²) in [6, 6.07) is 12.7. The summed E-state index contributed by atoms with van der Waals surface area (Å²) >= 11 is 0. The molecule has 2 aromatic carbocycles. The molecule has 40 heavy (non-hydrogen) atoms. The molecule has 0 saturated heterocycles. The van der Waals surface area contributed by atoms with E-state index in [1.54, 1.807) is 49.5 Å². The molecule has 206 valence electrons. The van der Waals surface area contributed by atoms with E-state index in [1.807, 2.05) is 13.0 Å². The average Bonchev–Trinajstić information content (AvgIpc) is 3.30. The zero-order valence-electron chi connectivity index (χ0n) is 22.1. The molecule has 2 aliphatic rings. The van der Waals surface area contributed by atoms with Gasteiger partial charge in [0, 0.05) is 29.8 Å². The van der Waals surface area contributed by atoms with Gasteiger partial charge >= 0.3 is 11.9 Å². The second kappa shape index (κ2) is 11.9. The Morgan fingerprint density at radius 2 is 1.82 bits per heavy atom. The van der Waals surface area contributed by atoms with Crippen molar-refractivity contribution in [1.82, 2.24) is 0 Å². The maximum Gasteiger partial charge on any atom is 0.396 e. The standard InChI is InChI=1S/C29H28N4O7/c1-3-5-14-24(34)33-16-15-19(18-30-26-21(28(35)36)12-9-13-22(26)32(38)39)17-23(33)31-25(20-10-7-6-8-11-20)27(33)29(37)40-4-2/h6-13,15-17,30H,3-5,14,18H2,1-2H3. The first kappa shape index (κ1) is 28.1. The quantitative estimate of drug-likeness (QED) is 0.195. The lowest BCUT2D eigenvalue weighted by Gasteiger charge is -2.30. The predicted molar refractivity (Wildman–Crippen MR) is 145 cm³/mol. The van der Waals surface area contributed by atoms with E-state index in [1.165, 1.54) is 18.2 Å². The SMILES string of the molecule is CCCCC(=O)[N+]12C=CC(CNc3c(C(=O)[O-])cccc3[N+](=O)[O-])=CC1=NC(c1ccccc1)=C2C(=O)OCC. The predicted octanol–water partition coefficient (Wildman–Crippen LogP) is 3.70. The van der Waals surface area contributed by atoms with Gasteiger partial charge in [-0.15, -0.1) is 4.48 Å². The van der Waals surface area contributed by atoms with Crippen LogP contribution in [0, 0.1) is 10.1 Å². The summed E-state index contributed by atoms with van der Waals surface area (Å²) in [6.45, 7) is 3.72. The van der Waals surface area contributed by atoms with Crippen molar-refractivity contribution in [1.29, 1.82) is 0 Å². The van der Waals surface area contributed by atoms with Crippen LogP contribution in [0.2, 0.25) is 0 Å². The number of ether oxygens (including phenoxy) is 1. The molecule has 2 heterocycles. The highest BCUT2D eigenvalue weighted by molar-refractivity contribution is 6.12. The Morgan fingerprint density at radius 3 is 2.48 bits per heavy atom. The molecule has 11 heteroatoms. The molecule has 2 aromatic rings. The summed E-state index contributed by atoms with van der Waals surface area (Å²) in [7, 11) is 0. The lowest BCUT2D eigenvalue weighted by atomic mass is 10.1. The molecule has 0 radical (unpaired) electrons. The van der Waals surface area contributed by atoms with Crippen LogP contribution in [0.5, 0.6) is 0 Å². The summed E-state index contributed by atoms with van der Waals surface area (Å²) < 4.78 is 4.83. The van der Waals surface area contributed by atoms with Gasteiger partial charge in [0.15, 0.2) is 0 Å². The highest BCUT2D eigenvalue weighted by atomic mass is 16.6. The number of carbonyl (C=O) groups is 3. The topological polar surface area (TPSA) is 151 Å². The minimum absolute atomic E-state index is 0.0286. The van der Waals surface area contributed by atoms with Crippen molar-refractivity contribution in [2.45, 2.75) is 33.1 Å². The highest BCUT2D eigenvalue weighted by Gasteiger charge is 2.55. The second-order valence-electron chi connectivity index (χ2n) is 9.11. The fourth-order valence-corrected chi connectivity index (χ4v) is 4.66. The number of para-hydroxylation sites is 1. The van der Waals surface area contributed by atoms with E-state index >= 15 is 0 Å². The number of amides is 1. The number of carbonyl (C=O) groups excluding carboxylic acids is 3. The van der Waals surface area contributed by atoms with Gasteiger partial charge in [-0.3, -0.25) is 10.1 Å². The van der Waals surface area contributed by atoms with E-state index in [-0.39, 0.29) is 48.3 Å². The Labute approximate surface area is 230 Å². The van der Waals surface area contributed by atoms with Crippen LogP contribution in [0.1, 0.15) is 49.0 Å². The number of aromatic carboxylic acids is 1. The van der Waals surface area contributed by atoms with E-state index in [0.29, 0.717) is 23.3 Å². The number of nitro groups is 1. The number of aliphatic imine (C=N–C) groups is 1. The van der Waals surface area contributed by atoms with Gasteiger partial charge < -0.3 is 20.0 Å². The number of benzene rings is 2. The molecule has 1 atom stereocenters. The molecular formula is C29H28N4O7. The van der Waals surface area contributed by atoms with Crippen molar-refractivity contribution in [3.63, 3.8) is 0 Å². The van der Waals surface area contributed by atoms with E-state index in [0.717, 1.165) is 6.42 Å². The third-order valence-electron chi connectivity index (χ3n) is 6.57. The number of nitro benzene ring substituents is 1. The molecule has 1 unspecified atom stereocenters. The normalized spacial score (nSPS) is 17.6. The van der Waals surface area contributed by atoms with Crippen molar-refractivity contribution in [2.24, 2.45) is 4.99 Å². The number of anilines is 1. The summed E-state index contributed by atoms with van der Waals surface area (Å²) in [5, 5.41) is 26.0. The van der Waals surface area contributed by atoms with Crippen molar-refractivity contribution < 1.29 is 33.6 Å². The number of esters is 1. The van der Waals surface area contributed by atoms with Crippen LogP contribution in [0.15, 0.2) is 83.1 Å². The number of unbranched alkanes of at least 4 members (excludes halogenated alkanes) is 1. The Kier molecular flexibility index (Phi) is 8.34. The van der Waals surface area contributed by atoms with Crippen LogP contribution in [0.3, 0.4) is 0 Å². The first-order valence-corrected chi connectivity index (χ1v) is 12.9. The lowest BCUT2D eigenvalue weighted by Crippen LogP contribution is -2.52. The monoisotopic (exact) mass is 544 g/mol. The molecular weight excluding hydrogens is 516 g/mol. The molecule has 2 aliphatic heterocycles. The number of amidine groups is 1. The summed E-state index contributed by atoms with van der Waals surface area (Å²) in [6.07, 6.45) is 6.38. The number of fused-ring (bicyclic) bond motifs is 1. The Hall–Kier alpha value is -4.90. The van der Waals surface area contributed by atoms with Crippen LogP contribution in [0.4, 0.5) is 11.4 Å². The molecule has 0 bridgehead atoms. The van der Waals surface area contributed by atoms with Gasteiger partial charge in [-0.05, 0) is 25.0 Å². The van der Waals surface area contributed by atoms with Crippen molar-refractivity contribution in [2.75, 3.05) is 18.5 Å². The van der Waals surface area contributed by atoms with Crippen LogP contribution in [-0.4, -0.2) is 46.2 Å². The number of carboxylic acids is 1. The Balaban J connectivity index is 1.78. The maximum atomic E-state index is 13.8. The zero-order chi connectivity index (χ0) is 28.9. The maximum absolute atomic E-state index is 13.8. The number of nitrogens with zero attached hydrogens (tertiary/aromatic N) is 3.